The molecule has 1 aliphatic heterocycles. The molecule has 1 aliphatic rings. The Morgan fingerprint density at radius 1 is 1.29 bits per heavy atom. The predicted molar refractivity (Wildman–Crippen MR) is 56.5 cm³/mol. The van der Waals surface area contributed by atoms with Gasteiger partial charge in [-0.05, 0) is 24.1 Å². The molecule has 1 saturated heterocycles. The third kappa shape index (κ3) is 2.70. The fourth-order valence-electron chi connectivity index (χ4n) is 1.85. The Kier molecular flexibility index (Phi) is 3.26. The van der Waals surface area contributed by atoms with Crippen LogP contribution in [0.25, 0.3) is 0 Å². The quantitative estimate of drug-likeness (QED) is 0.839. The third-order valence-electron chi connectivity index (χ3n) is 2.79. The van der Waals surface area contributed by atoms with E-state index in [1.54, 1.807) is 24.3 Å². The van der Waals surface area contributed by atoms with Crippen LogP contribution in [0.3, 0.4) is 0 Å². The van der Waals surface area contributed by atoms with Crippen molar-refractivity contribution in [2.45, 2.75) is 24.7 Å². The van der Waals surface area contributed by atoms with Gasteiger partial charge in [0.25, 0.3) is 0 Å². The topological polar surface area (TPSA) is 33.3 Å². The normalized spacial score (nSPS) is 24.9. The molecule has 0 aliphatic carbocycles. The molecule has 0 amide bonds. The van der Waals surface area contributed by atoms with Crippen molar-refractivity contribution in [1.82, 2.24) is 10.9 Å². The first-order chi connectivity index (χ1) is 8.00. The number of hydrogen-bond donors (Lipinski definition) is 2. The third-order valence-corrected chi connectivity index (χ3v) is 2.79. The van der Waals surface area contributed by atoms with E-state index in [1.807, 2.05) is 0 Å². The van der Waals surface area contributed by atoms with Gasteiger partial charge in [0.05, 0.1) is 7.11 Å². The monoisotopic (exact) mass is 246 g/mol. The number of benzene rings is 1. The van der Waals surface area contributed by atoms with E-state index < -0.39 is 12.2 Å². The van der Waals surface area contributed by atoms with Crippen LogP contribution >= 0.6 is 0 Å². The molecular weight excluding hydrogens is 233 g/mol. The Bertz CT molecular complexity index is 395. The summed E-state index contributed by atoms with van der Waals surface area (Å²) >= 11 is 0. The Morgan fingerprint density at radius 3 is 2.65 bits per heavy atom. The lowest BCUT2D eigenvalue weighted by atomic mass is 10.0. The lowest BCUT2D eigenvalue weighted by Gasteiger charge is -2.13. The van der Waals surface area contributed by atoms with E-state index in [-0.39, 0.29) is 12.5 Å². The molecule has 1 fully saturated rings. The van der Waals surface area contributed by atoms with Crippen LogP contribution in [-0.4, -0.2) is 19.3 Å². The van der Waals surface area contributed by atoms with Crippen molar-refractivity contribution in [3.63, 3.8) is 0 Å². The Morgan fingerprint density at radius 2 is 2.06 bits per heavy atom. The van der Waals surface area contributed by atoms with Gasteiger partial charge in [0.1, 0.15) is 11.8 Å². The van der Waals surface area contributed by atoms with E-state index >= 15 is 0 Å². The molecule has 2 unspecified atom stereocenters. The van der Waals surface area contributed by atoms with Crippen LogP contribution in [0.4, 0.5) is 13.2 Å². The van der Waals surface area contributed by atoms with Gasteiger partial charge in [0.15, 0.2) is 0 Å². The smallest absolute Gasteiger partial charge is 0.405 e. The van der Waals surface area contributed by atoms with Crippen LogP contribution in [0, 0.1) is 0 Å². The molecular formula is C11H13F3N2O. The summed E-state index contributed by atoms with van der Waals surface area (Å²) < 4.78 is 42.4. The van der Waals surface area contributed by atoms with Gasteiger partial charge in [-0.3, -0.25) is 0 Å². The second kappa shape index (κ2) is 4.54. The van der Waals surface area contributed by atoms with Gasteiger partial charge in [-0.15, -0.1) is 0 Å². The number of hydrogen-bond acceptors (Lipinski definition) is 3. The van der Waals surface area contributed by atoms with Gasteiger partial charge in [-0.25, -0.2) is 10.9 Å². The minimum atomic E-state index is -4.22. The highest BCUT2D eigenvalue weighted by atomic mass is 19.4. The first-order valence-corrected chi connectivity index (χ1v) is 5.22. The minimum Gasteiger partial charge on any atom is -0.497 e. The number of ether oxygens (including phenoxy) is 1. The van der Waals surface area contributed by atoms with Crippen LogP contribution in [0.15, 0.2) is 24.3 Å². The van der Waals surface area contributed by atoms with Crippen molar-refractivity contribution in [3.05, 3.63) is 29.8 Å². The zero-order valence-electron chi connectivity index (χ0n) is 9.21. The SMILES string of the molecule is COc1cccc(C2CC(C(F)(F)F)NN2)c1. The lowest BCUT2D eigenvalue weighted by molar-refractivity contribution is -0.153. The number of alkyl halides is 3. The molecule has 1 aromatic carbocycles. The fourth-order valence-corrected chi connectivity index (χ4v) is 1.85. The zero-order valence-corrected chi connectivity index (χ0v) is 9.21. The van der Waals surface area contributed by atoms with Crippen LogP contribution in [0.1, 0.15) is 18.0 Å². The van der Waals surface area contributed by atoms with E-state index in [1.165, 1.54) is 7.11 Å². The second-order valence-corrected chi connectivity index (χ2v) is 3.95. The first kappa shape index (κ1) is 12.2. The molecule has 0 bridgehead atoms. The van der Waals surface area contributed by atoms with Crippen LogP contribution in [0.2, 0.25) is 0 Å². The molecule has 3 nitrogen and oxygen atoms in total. The second-order valence-electron chi connectivity index (χ2n) is 3.95. The van der Waals surface area contributed by atoms with Gasteiger partial charge in [-0.1, -0.05) is 12.1 Å². The van der Waals surface area contributed by atoms with Crippen molar-refractivity contribution in [2.75, 3.05) is 7.11 Å². The van der Waals surface area contributed by atoms with E-state index in [0.717, 1.165) is 5.56 Å². The highest BCUT2D eigenvalue weighted by Gasteiger charge is 2.44. The van der Waals surface area contributed by atoms with Gasteiger partial charge < -0.3 is 4.74 Å². The van der Waals surface area contributed by atoms with Crippen molar-refractivity contribution in [2.24, 2.45) is 0 Å². The summed E-state index contributed by atoms with van der Waals surface area (Å²) in [6, 6.07) is 5.18. The summed E-state index contributed by atoms with van der Waals surface area (Å²) in [7, 11) is 1.53. The molecule has 94 valence electrons. The maximum Gasteiger partial charge on any atom is 0.405 e. The summed E-state index contributed by atoms with van der Waals surface area (Å²) in [6.07, 6.45) is -4.24. The van der Waals surface area contributed by atoms with Crippen molar-refractivity contribution < 1.29 is 17.9 Å². The first-order valence-electron chi connectivity index (χ1n) is 5.22. The predicted octanol–water partition coefficient (Wildman–Crippen LogP) is 2.17. The summed E-state index contributed by atoms with van der Waals surface area (Å²) in [6.45, 7) is 0. The number of methoxy groups -OCH3 is 1. The van der Waals surface area contributed by atoms with E-state index in [9.17, 15) is 13.2 Å². The van der Waals surface area contributed by atoms with E-state index in [4.69, 9.17) is 4.74 Å². The van der Waals surface area contributed by atoms with Gasteiger partial charge in [-0.2, -0.15) is 13.2 Å². The Labute approximate surface area is 96.9 Å². The van der Waals surface area contributed by atoms with Gasteiger partial charge >= 0.3 is 6.18 Å². The van der Waals surface area contributed by atoms with E-state index in [0.29, 0.717) is 5.75 Å². The molecule has 1 heterocycles. The number of halogens is 3. The Balaban J connectivity index is 2.09. The summed E-state index contributed by atoms with van der Waals surface area (Å²) in [5.74, 6) is 0.639. The van der Waals surface area contributed by atoms with Crippen LogP contribution in [0.5, 0.6) is 5.75 Å². The molecule has 0 aromatic heterocycles. The highest BCUT2D eigenvalue weighted by Crippen LogP contribution is 2.32. The number of hydrazine groups is 1. The maximum atomic E-state index is 12.5. The standard InChI is InChI=1S/C11H13F3N2O/c1-17-8-4-2-3-7(5-8)9-6-10(16-15-9)11(12,13)14/h2-5,9-10,15-16H,6H2,1H3. The van der Waals surface area contributed by atoms with Gasteiger partial charge in [0, 0.05) is 6.04 Å². The Hall–Kier alpha value is -1.27. The molecule has 6 heteroatoms. The van der Waals surface area contributed by atoms with Crippen molar-refractivity contribution in [1.29, 1.82) is 0 Å². The van der Waals surface area contributed by atoms with Crippen molar-refractivity contribution >= 4 is 0 Å². The number of rotatable bonds is 2. The highest BCUT2D eigenvalue weighted by molar-refractivity contribution is 5.31. The fraction of sp³-hybridized carbons (Fsp3) is 0.455. The summed E-state index contributed by atoms with van der Waals surface area (Å²) in [5.41, 5.74) is 5.70. The largest absolute Gasteiger partial charge is 0.497 e. The lowest BCUT2D eigenvalue weighted by Crippen LogP contribution is -2.40. The molecule has 2 atom stereocenters. The molecule has 1 aromatic rings. The molecule has 2 N–H and O–H groups in total. The zero-order chi connectivity index (χ0) is 12.5. The van der Waals surface area contributed by atoms with Crippen LogP contribution < -0.4 is 15.6 Å². The number of nitrogens with one attached hydrogen (secondary N) is 2. The van der Waals surface area contributed by atoms with Crippen molar-refractivity contribution in [3.8, 4) is 5.75 Å². The average molecular weight is 246 g/mol. The van der Waals surface area contributed by atoms with Crippen LogP contribution in [-0.2, 0) is 0 Å². The summed E-state index contributed by atoms with van der Waals surface area (Å²) in [5, 5.41) is 0. The molecule has 0 saturated carbocycles. The summed E-state index contributed by atoms with van der Waals surface area (Å²) in [4.78, 5) is 0. The maximum absolute atomic E-state index is 12.5. The minimum absolute atomic E-state index is 0.0172. The molecule has 0 radical (unpaired) electrons. The molecule has 17 heavy (non-hydrogen) atoms. The van der Waals surface area contributed by atoms with E-state index in [2.05, 4.69) is 10.9 Å². The van der Waals surface area contributed by atoms with Gasteiger partial charge in [0.2, 0.25) is 0 Å². The molecule has 2 rings (SSSR count). The average Bonchev–Trinajstić information content (AvgIpc) is 2.78. The molecule has 0 spiro atoms.